The van der Waals surface area contributed by atoms with Crippen LogP contribution in [0.3, 0.4) is 0 Å². The van der Waals surface area contributed by atoms with Crippen LogP contribution in [0.4, 0.5) is 13.2 Å². The number of aromatic nitrogens is 1. The molecule has 0 spiro atoms. The maximum absolute atomic E-state index is 13.3. The van der Waals surface area contributed by atoms with E-state index < -0.39 is 23.8 Å². The van der Waals surface area contributed by atoms with Crippen LogP contribution >= 0.6 is 11.8 Å². The standard InChI is InChI=1S/C26H23F3N4O4S/c1-5-36-25(34)21-14(3)37-23(32)18(11-31)22(21)15-6-7-19(35-4)16(9-15)12-38-24-17(10-30)13(2)8-20(33-24)26(27,28)29/h6-9,22H,5,12,32H2,1-4H3. The van der Waals surface area contributed by atoms with Crippen molar-refractivity contribution in [1.82, 2.24) is 4.98 Å². The predicted molar refractivity (Wildman–Crippen MR) is 131 cm³/mol. The lowest BCUT2D eigenvalue weighted by Crippen LogP contribution is -2.25. The number of nitrogens with zero attached hydrogens (tertiary/aromatic N) is 3. The maximum Gasteiger partial charge on any atom is 0.433 e. The van der Waals surface area contributed by atoms with Crippen LogP contribution in [0.5, 0.6) is 5.75 Å². The van der Waals surface area contributed by atoms with Gasteiger partial charge in [0.2, 0.25) is 5.88 Å². The molecule has 1 atom stereocenters. The predicted octanol–water partition coefficient (Wildman–Crippen LogP) is 5.23. The molecule has 2 N–H and O–H groups in total. The van der Waals surface area contributed by atoms with Crippen LogP contribution in [0, 0.1) is 29.6 Å². The van der Waals surface area contributed by atoms with Gasteiger partial charge in [0.15, 0.2) is 0 Å². The number of aryl methyl sites for hydroxylation is 1. The van der Waals surface area contributed by atoms with Gasteiger partial charge < -0.3 is 19.9 Å². The molecule has 2 aromatic rings. The lowest BCUT2D eigenvalue weighted by molar-refractivity contribution is -0.141. The summed E-state index contributed by atoms with van der Waals surface area (Å²) in [5.41, 5.74) is 6.16. The molecule has 1 aromatic heterocycles. The SMILES string of the molecule is CCOC(=O)C1=C(C)OC(N)=C(C#N)C1c1ccc(OC)c(CSc2nc(C(F)(F)F)cc(C)c2C#N)c1. The van der Waals surface area contributed by atoms with Crippen molar-refractivity contribution >= 4 is 17.7 Å². The van der Waals surface area contributed by atoms with Gasteiger partial charge in [-0.1, -0.05) is 12.1 Å². The Hall–Kier alpha value is -4.16. The molecule has 198 valence electrons. The summed E-state index contributed by atoms with van der Waals surface area (Å²) in [6.07, 6.45) is -4.68. The first kappa shape index (κ1) is 28.4. The fourth-order valence-electron chi connectivity index (χ4n) is 3.95. The van der Waals surface area contributed by atoms with Crippen molar-refractivity contribution in [3.8, 4) is 17.9 Å². The van der Waals surface area contributed by atoms with Gasteiger partial charge in [0.05, 0.1) is 30.8 Å². The number of thioether (sulfide) groups is 1. The maximum atomic E-state index is 13.3. The number of allylic oxidation sites excluding steroid dienone is 2. The van der Waals surface area contributed by atoms with Crippen LogP contribution in [-0.4, -0.2) is 24.7 Å². The molecule has 0 amide bonds. The second-order valence-corrected chi connectivity index (χ2v) is 9.05. The third kappa shape index (κ3) is 5.71. The van der Waals surface area contributed by atoms with Gasteiger partial charge in [-0.15, -0.1) is 11.8 Å². The highest BCUT2D eigenvalue weighted by Gasteiger charge is 2.37. The van der Waals surface area contributed by atoms with E-state index in [0.29, 0.717) is 16.9 Å². The molecule has 0 bridgehead atoms. The zero-order valence-corrected chi connectivity index (χ0v) is 21.7. The van der Waals surface area contributed by atoms with Crippen molar-refractivity contribution in [3.63, 3.8) is 0 Å². The van der Waals surface area contributed by atoms with Crippen molar-refractivity contribution in [1.29, 1.82) is 10.5 Å². The minimum Gasteiger partial charge on any atom is -0.496 e. The molecule has 38 heavy (non-hydrogen) atoms. The van der Waals surface area contributed by atoms with E-state index in [2.05, 4.69) is 4.98 Å². The number of nitriles is 2. The van der Waals surface area contributed by atoms with Gasteiger partial charge >= 0.3 is 12.1 Å². The molecule has 3 rings (SSSR count). The fraction of sp³-hybridized carbons (Fsp3) is 0.308. The van der Waals surface area contributed by atoms with Crippen molar-refractivity contribution in [2.75, 3.05) is 13.7 Å². The summed E-state index contributed by atoms with van der Waals surface area (Å²) in [6, 6.07) is 9.66. The molecule has 1 aliphatic rings. The molecular formula is C26H23F3N4O4S. The summed E-state index contributed by atoms with van der Waals surface area (Å²) in [7, 11) is 1.43. The molecule has 0 fully saturated rings. The first-order chi connectivity index (χ1) is 18.0. The molecule has 0 saturated carbocycles. The van der Waals surface area contributed by atoms with Crippen LogP contribution in [0.25, 0.3) is 0 Å². The number of nitrogens with two attached hydrogens (primary N) is 1. The van der Waals surface area contributed by atoms with Gasteiger partial charge in [-0.25, -0.2) is 9.78 Å². The van der Waals surface area contributed by atoms with E-state index >= 15 is 0 Å². The van der Waals surface area contributed by atoms with E-state index in [4.69, 9.17) is 19.9 Å². The summed E-state index contributed by atoms with van der Waals surface area (Å²) in [4.78, 5) is 16.5. The third-order valence-electron chi connectivity index (χ3n) is 5.69. The average Bonchev–Trinajstić information content (AvgIpc) is 2.86. The summed E-state index contributed by atoms with van der Waals surface area (Å²) in [6.45, 7) is 4.69. The number of rotatable bonds is 7. The van der Waals surface area contributed by atoms with Crippen LogP contribution in [-0.2, 0) is 26.2 Å². The highest BCUT2D eigenvalue weighted by Crippen LogP contribution is 2.42. The van der Waals surface area contributed by atoms with E-state index in [0.717, 1.165) is 17.8 Å². The second-order valence-electron chi connectivity index (χ2n) is 8.09. The van der Waals surface area contributed by atoms with Crippen molar-refractivity contribution in [3.05, 3.63) is 75.0 Å². The van der Waals surface area contributed by atoms with Crippen LogP contribution in [0.15, 0.2) is 52.1 Å². The lowest BCUT2D eigenvalue weighted by atomic mass is 9.82. The third-order valence-corrected chi connectivity index (χ3v) is 6.71. The van der Waals surface area contributed by atoms with Gasteiger partial charge in [-0.05, 0) is 44.0 Å². The van der Waals surface area contributed by atoms with Gasteiger partial charge in [-0.3, -0.25) is 0 Å². The second kappa shape index (κ2) is 11.5. The molecule has 0 aliphatic carbocycles. The van der Waals surface area contributed by atoms with E-state index in [1.165, 1.54) is 21.0 Å². The molecule has 1 aliphatic heterocycles. The Balaban J connectivity index is 2.08. The Kier molecular flexibility index (Phi) is 8.59. The summed E-state index contributed by atoms with van der Waals surface area (Å²) < 4.78 is 56.1. The normalized spacial score (nSPS) is 15.4. The molecule has 1 aromatic carbocycles. The van der Waals surface area contributed by atoms with E-state index in [1.54, 1.807) is 25.1 Å². The van der Waals surface area contributed by atoms with Crippen molar-refractivity contribution in [2.45, 2.75) is 43.6 Å². The highest BCUT2D eigenvalue weighted by molar-refractivity contribution is 7.98. The minimum absolute atomic E-state index is 0.00404. The summed E-state index contributed by atoms with van der Waals surface area (Å²) in [5, 5.41) is 19.2. The number of ether oxygens (including phenoxy) is 3. The Morgan fingerprint density at radius 3 is 2.53 bits per heavy atom. The number of pyridine rings is 1. The molecule has 12 heteroatoms. The Morgan fingerprint density at radius 2 is 1.95 bits per heavy atom. The Morgan fingerprint density at radius 1 is 1.24 bits per heavy atom. The lowest BCUT2D eigenvalue weighted by Gasteiger charge is -2.27. The van der Waals surface area contributed by atoms with Crippen molar-refractivity contribution in [2.24, 2.45) is 5.73 Å². The molecule has 0 radical (unpaired) electrons. The van der Waals surface area contributed by atoms with Crippen LogP contribution in [0.1, 0.15) is 47.7 Å². The largest absolute Gasteiger partial charge is 0.496 e. The Bertz CT molecular complexity index is 1420. The van der Waals surface area contributed by atoms with Crippen LogP contribution in [0.2, 0.25) is 0 Å². The first-order valence-electron chi connectivity index (χ1n) is 11.2. The molecular weight excluding hydrogens is 521 g/mol. The molecule has 2 heterocycles. The number of hydrogen-bond acceptors (Lipinski definition) is 9. The molecule has 8 nitrogen and oxygen atoms in total. The van der Waals surface area contributed by atoms with Crippen LogP contribution < -0.4 is 10.5 Å². The number of halogens is 3. The van der Waals surface area contributed by atoms with Gasteiger partial charge in [0, 0.05) is 11.3 Å². The average molecular weight is 545 g/mol. The van der Waals surface area contributed by atoms with E-state index in [-0.39, 0.29) is 51.3 Å². The topological polar surface area (TPSA) is 131 Å². The van der Waals surface area contributed by atoms with Gasteiger partial charge in [0.1, 0.15) is 39.9 Å². The summed E-state index contributed by atoms with van der Waals surface area (Å²) in [5.74, 6) is -1.09. The number of alkyl halides is 3. The number of benzene rings is 1. The molecule has 0 saturated heterocycles. The minimum atomic E-state index is -4.68. The number of esters is 1. The Labute approximate surface area is 221 Å². The first-order valence-corrected chi connectivity index (χ1v) is 12.2. The highest BCUT2D eigenvalue weighted by atomic mass is 32.2. The number of hydrogen-bond donors (Lipinski definition) is 1. The van der Waals surface area contributed by atoms with Crippen molar-refractivity contribution < 1.29 is 32.2 Å². The summed E-state index contributed by atoms with van der Waals surface area (Å²) >= 11 is 0.933. The number of methoxy groups -OCH3 is 1. The quantitative estimate of drug-likeness (QED) is 0.368. The number of carbonyl (C=O) groups excluding carboxylic acids is 1. The zero-order valence-electron chi connectivity index (χ0n) is 20.9. The zero-order chi connectivity index (χ0) is 28.2. The number of carbonyl (C=O) groups is 1. The smallest absolute Gasteiger partial charge is 0.433 e. The van der Waals surface area contributed by atoms with E-state index in [1.807, 2.05) is 12.1 Å². The van der Waals surface area contributed by atoms with Gasteiger partial charge in [-0.2, -0.15) is 23.7 Å². The molecule has 1 unspecified atom stereocenters. The van der Waals surface area contributed by atoms with Gasteiger partial charge in [0.25, 0.3) is 0 Å². The fourth-order valence-corrected chi connectivity index (χ4v) is 4.99. The van der Waals surface area contributed by atoms with E-state index in [9.17, 15) is 28.5 Å². The monoisotopic (exact) mass is 544 g/mol.